The number of benzene rings is 1. The number of hydrogen-bond acceptors (Lipinski definition) is 2. The van der Waals surface area contributed by atoms with E-state index >= 15 is 0 Å². The van der Waals surface area contributed by atoms with Gasteiger partial charge in [0.05, 0.1) is 0 Å². The number of unbranched alkanes of at least 4 members (excludes halogenated alkanes) is 3. The first-order chi connectivity index (χ1) is 8.95. The fourth-order valence-electron chi connectivity index (χ4n) is 1.99. The first kappa shape index (κ1) is 15.6. The maximum absolute atomic E-state index is 12.0. The van der Waals surface area contributed by atoms with Gasteiger partial charge in [-0.2, -0.15) is 0 Å². The molecule has 0 saturated heterocycles. The molecular formula is C17H24O2. The van der Waals surface area contributed by atoms with Gasteiger partial charge in [0, 0.05) is 18.4 Å². The molecule has 0 saturated carbocycles. The second-order valence-electron chi connectivity index (χ2n) is 6.02. The number of hydrogen-bond donors (Lipinski definition) is 0. The van der Waals surface area contributed by atoms with Crippen LogP contribution >= 0.6 is 0 Å². The third-order valence-corrected chi connectivity index (χ3v) is 3.30. The molecule has 0 atom stereocenters. The van der Waals surface area contributed by atoms with Crippen molar-refractivity contribution in [3.05, 3.63) is 35.4 Å². The van der Waals surface area contributed by atoms with Gasteiger partial charge in [-0.1, -0.05) is 51.5 Å². The van der Waals surface area contributed by atoms with Crippen molar-refractivity contribution in [3.63, 3.8) is 0 Å². The Kier molecular flexibility index (Phi) is 5.94. The van der Waals surface area contributed by atoms with Crippen LogP contribution in [0.25, 0.3) is 0 Å². The van der Waals surface area contributed by atoms with Crippen molar-refractivity contribution in [2.45, 2.75) is 58.3 Å². The fourth-order valence-corrected chi connectivity index (χ4v) is 1.99. The Hall–Kier alpha value is -1.44. The number of ketones is 1. The molecule has 1 rings (SSSR count). The van der Waals surface area contributed by atoms with Crippen LogP contribution in [-0.4, -0.2) is 12.1 Å². The van der Waals surface area contributed by atoms with Gasteiger partial charge in [-0.25, -0.2) is 0 Å². The molecule has 0 aliphatic carbocycles. The molecule has 0 aliphatic rings. The molecule has 0 fully saturated rings. The number of rotatable bonds is 7. The predicted octanol–water partition coefficient (Wildman–Crippen LogP) is 4.32. The molecule has 0 heterocycles. The van der Waals surface area contributed by atoms with Crippen LogP contribution in [0.5, 0.6) is 0 Å². The first-order valence-electron chi connectivity index (χ1n) is 7.02. The molecular weight excluding hydrogens is 236 g/mol. The fraction of sp³-hybridized carbons (Fsp3) is 0.529. The lowest BCUT2D eigenvalue weighted by atomic mass is 9.86. The van der Waals surface area contributed by atoms with Crippen LogP contribution in [0, 0.1) is 0 Å². The summed E-state index contributed by atoms with van der Waals surface area (Å²) >= 11 is 0. The highest BCUT2D eigenvalue weighted by Gasteiger charge is 2.14. The zero-order valence-corrected chi connectivity index (χ0v) is 12.2. The molecule has 0 radical (unpaired) electrons. The molecule has 0 N–H and O–H groups in total. The average molecular weight is 260 g/mol. The van der Waals surface area contributed by atoms with Gasteiger partial charge in [-0.15, -0.1) is 0 Å². The summed E-state index contributed by atoms with van der Waals surface area (Å²) in [5, 5.41) is 0. The highest BCUT2D eigenvalue weighted by Crippen LogP contribution is 2.22. The van der Waals surface area contributed by atoms with Gasteiger partial charge in [0.15, 0.2) is 5.78 Å². The van der Waals surface area contributed by atoms with Gasteiger partial charge in [-0.05, 0) is 23.8 Å². The Morgan fingerprint density at radius 2 is 1.68 bits per heavy atom. The van der Waals surface area contributed by atoms with Crippen LogP contribution in [0.15, 0.2) is 24.3 Å². The Morgan fingerprint density at radius 1 is 1.05 bits per heavy atom. The van der Waals surface area contributed by atoms with Crippen molar-refractivity contribution >= 4 is 12.1 Å². The smallest absolute Gasteiger partial charge is 0.162 e. The van der Waals surface area contributed by atoms with E-state index in [1.807, 2.05) is 24.3 Å². The SMILES string of the molecule is CC(C)(C)c1ccc(C(=O)CCCCCC=O)cc1. The number of Topliss-reactive ketones (excluding diaryl/α,β-unsaturated/α-hetero) is 1. The summed E-state index contributed by atoms with van der Waals surface area (Å²) in [4.78, 5) is 22.1. The van der Waals surface area contributed by atoms with Crippen LogP contribution in [0.2, 0.25) is 0 Å². The van der Waals surface area contributed by atoms with Crippen LogP contribution in [0.4, 0.5) is 0 Å². The van der Waals surface area contributed by atoms with Crippen molar-refractivity contribution in [1.82, 2.24) is 0 Å². The van der Waals surface area contributed by atoms with E-state index < -0.39 is 0 Å². The zero-order valence-electron chi connectivity index (χ0n) is 12.2. The van der Waals surface area contributed by atoms with Crippen LogP contribution in [0.1, 0.15) is 68.8 Å². The predicted molar refractivity (Wildman–Crippen MR) is 78.6 cm³/mol. The van der Waals surface area contributed by atoms with Crippen LogP contribution in [0.3, 0.4) is 0 Å². The topological polar surface area (TPSA) is 34.1 Å². The Bertz CT molecular complexity index is 410. The monoisotopic (exact) mass is 260 g/mol. The Labute approximate surface area is 116 Å². The summed E-state index contributed by atoms with van der Waals surface area (Å²) in [6.45, 7) is 6.49. The van der Waals surface area contributed by atoms with E-state index in [1.165, 1.54) is 5.56 Å². The third kappa shape index (κ3) is 5.37. The van der Waals surface area contributed by atoms with E-state index in [-0.39, 0.29) is 11.2 Å². The van der Waals surface area contributed by atoms with Crippen LogP contribution in [-0.2, 0) is 10.2 Å². The van der Waals surface area contributed by atoms with Crippen molar-refractivity contribution in [1.29, 1.82) is 0 Å². The summed E-state index contributed by atoms with van der Waals surface area (Å²) in [6.07, 6.45) is 4.83. The Morgan fingerprint density at radius 3 is 2.21 bits per heavy atom. The van der Waals surface area contributed by atoms with E-state index in [9.17, 15) is 9.59 Å². The summed E-state index contributed by atoms with van der Waals surface area (Å²) in [5.41, 5.74) is 2.16. The summed E-state index contributed by atoms with van der Waals surface area (Å²) in [6, 6.07) is 7.93. The highest BCUT2D eigenvalue weighted by molar-refractivity contribution is 5.96. The van der Waals surface area contributed by atoms with Gasteiger partial charge >= 0.3 is 0 Å². The lowest BCUT2D eigenvalue weighted by Crippen LogP contribution is -2.11. The van der Waals surface area contributed by atoms with Crippen molar-refractivity contribution in [3.8, 4) is 0 Å². The molecule has 0 spiro atoms. The van der Waals surface area contributed by atoms with Gasteiger partial charge in [0.1, 0.15) is 6.29 Å². The van der Waals surface area contributed by atoms with E-state index in [1.54, 1.807) is 0 Å². The summed E-state index contributed by atoms with van der Waals surface area (Å²) < 4.78 is 0. The molecule has 104 valence electrons. The summed E-state index contributed by atoms with van der Waals surface area (Å²) in [7, 11) is 0. The van der Waals surface area contributed by atoms with Crippen molar-refractivity contribution in [2.75, 3.05) is 0 Å². The van der Waals surface area contributed by atoms with Gasteiger partial charge in [0.2, 0.25) is 0 Å². The number of carbonyl (C=O) groups is 2. The number of carbonyl (C=O) groups excluding carboxylic acids is 2. The quantitative estimate of drug-likeness (QED) is 0.416. The first-order valence-corrected chi connectivity index (χ1v) is 7.02. The lowest BCUT2D eigenvalue weighted by Gasteiger charge is -2.18. The number of aldehydes is 1. The normalized spacial score (nSPS) is 11.3. The molecule has 0 aliphatic heterocycles. The average Bonchev–Trinajstić information content (AvgIpc) is 2.37. The van der Waals surface area contributed by atoms with E-state index in [0.717, 1.165) is 31.1 Å². The van der Waals surface area contributed by atoms with Crippen molar-refractivity contribution < 1.29 is 9.59 Å². The molecule has 0 unspecified atom stereocenters. The second kappa shape index (κ2) is 7.22. The minimum absolute atomic E-state index is 0.121. The van der Waals surface area contributed by atoms with Gasteiger partial charge < -0.3 is 4.79 Å². The second-order valence-corrected chi connectivity index (χ2v) is 6.02. The molecule has 19 heavy (non-hydrogen) atoms. The molecule has 0 amide bonds. The standard InChI is InChI=1S/C17H24O2/c1-17(2,3)15-11-9-14(10-12-15)16(19)8-6-4-5-7-13-18/h9-13H,4-8H2,1-3H3. The molecule has 1 aromatic carbocycles. The van der Waals surface area contributed by atoms with E-state index in [0.29, 0.717) is 12.8 Å². The minimum Gasteiger partial charge on any atom is -0.303 e. The lowest BCUT2D eigenvalue weighted by molar-refractivity contribution is -0.107. The maximum atomic E-state index is 12.0. The maximum Gasteiger partial charge on any atom is 0.162 e. The molecule has 0 aromatic heterocycles. The third-order valence-electron chi connectivity index (χ3n) is 3.30. The minimum atomic E-state index is 0.121. The molecule has 2 nitrogen and oxygen atoms in total. The van der Waals surface area contributed by atoms with E-state index in [2.05, 4.69) is 20.8 Å². The zero-order chi connectivity index (χ0) is 14.3. The van der Waals surface area contributed by atoms with Crippen LogP contribution < -0.4 is 0 Å². The largest absolute Gasteiger partial charge is 0.303 e. The van der Waals surface area contributed by atoms with Crippen molar-refractivity contribution in [2.24, 2.45) is 0 Å². The highest BCUT2D eigenvalue weighted by atomic mass is 16.1. The van der Waals surface area contributed by atoms with E-state index in [4.69, 9.17) is 0 Å². The summed E-state index contributed by atoms with van der Waals surface area (Å²) in [5.74, 6) is 0.201. The molecule has 0 bridgehead atoms. The van der Waals surface area contributed by atoms with Gasteiger partial charge in [-0.3, -0.25) is 4.79 Å². The Balaban J connectivity index is 2.47. The van der Waals surface area contributed by atoms with Gasteiger partial charge in [0.25, 0.3) is 0 Å². The molecule has 1 aromatic rings. The molecule has 2 heteroatoms.